The molecule has 0 radical (unpaired) electrons. The maximum Gasteiger partial charge on any atom is 0.303 e. The smallest absolute Gasteiger partial charge is 0.303 e. The van der Waals surface area contributed by atoms with Crippen molar-refractivity contribution in [3.05, 3.63) is 71.3 Å². The van der Waals surface area contributed by atoms with Crippen LogP contribution in [0.2, 0.25) is 0 Å². The van der Waals surface area contributed by atoms with Crippen LogP contribution in [-0.4, -0.2) is 16.9 Å². The average molecular weight is 254 g/mol. The van der Waals surface area contributed by atoms with Gasteiger partial charge in [0.05, 0.1) is 0 Å². The number of aryl methyl sites for hydroxylation is 1. The molecule has 0 unspecified atom stereocenters. The van der Waals surface area contributed by atoms with Gasteiger partial charge in [0.1, 0.15) is 0 Å². The highest BCUT2D eigenvalue weighted by atomic mass is 16.4. The van der Waals surface area contributed by atoms with E-state index in [4.69, 9.17) is 5.11 Å². The number of carboxylic acids is 1. The van der Waals surface area contributed by atoms with E-state index in [0.29, 0.717) is 17.5 Å². The highest BCUT2D eigenvalue weighted by molar-refractivity contribution is 6.09. The second-order valence-electron chi connectivity index (χ2n) is 4.29. The number of ketones is 1. The van der Waals surface area contributed by atoms with Gasteiger partial charge < -0.3 is 5.11 Å². The molecule has 0 spiro atoms. The number of carbonyl (C=O) groups is 2. The van der Waals surface area contributed by atoms with Crippen LogP contribution in [0.15, 0.2) is 54.6 Å². The lowest BCUT2D eigenvalue weighted by Gasteiger charge is -2.04. The Balaban J connectivity index is 2.19. The third-order valence-corrected chi connectivity index (χ3v) is 2.85. The van der Waals surface area contributed by atoms with Gasteiger partial charge in [-0.3, -0.25) is 9.59 Å². The number of hydrogen-bond acceptors (Lipinski definition) is 2. The van der Waals surface area contributed by atoms with E-state index >= 15 is 0 Å². The fourth-order valence-corrected chi connectivity index (χ4v) is 1.88. The molecule has 0 amide bonds. The van der Waals surface area contributed by atoms with E-state index in [1.165, 1.54) is 0 Å². The fraction of sp³-hybridized carbons (Fsp3) is 0.125. The summed E-state index contributed by atoms with van der Waals surface area (Å²) in [5.74, 6) is -0.877. The SMILES string of the molecule is O=C(O)CCc1cccc(C(=O)c2ccccc2)c1. The molecule has 0 heterocycles. The van der Waals surface area contributed by atoms with Gasteiger partial charge in [-0.1, -0.05) is 48.5 Å². The Morgan fingerprint density at radius 1 is 0.895 bits per heavy atom. The van der Waals surface area contributed by atoms with Crippen molar-refractivity contribution in [1.29, 1.82) is 0 Å². The molecule has 0 saturated heterocycles. The van der Waals surface area contributed by atoms with E-state index in [9.17, 15) is 9.59 Å². The Morgan fingerprint density at radius 3 is 2.26 bits per heavy atom. The standard InChI is InChI=1S/C16H14O3/c17-15(18)10-9-12-5-4-8-14(11-12)16(19)13-6-2-1-3-7-13/h1-8,11H,9-10H2,(H,17,18). The lowest BCUT2D eigenvalue weighted by Crippen LogP contribution is -2.03. The second kappa shape index (κ2) is 5.96. The number of benzene rings is 2. The molecule has 0 aliphatic rings. The second-order valence-corrected chi connectivity index (χ2v) is 4.29. The van der Waals surface area contributed by atoms with Crippen molar-refractivity contribution in [2.75, 3.05) is 0 Å². The van der Waals surface area contributed by atoms with Gasteiger partial charge in [0.25, 0.3) is 0 Å². The topological polar surface area (TPSA) is 54.4 Å². The maximum absolute atomic E-state index is 12.2. The Bertz CT molecular complexity index is 588. The number of carbonyl (C=O) groups excluding carboxylic acids is 1. The van der Waals surface area contributed by atoms with Crippen molar-refractivity contribution in [1.82, 2.24) is 0 Å². The number of carboxylic acid groups (broad SMARTS) is 1. The number of rotatable bonds is 5. The summed E-state index contributed by atoms with van der Waals surface area (Å²) in [6, 6.07) is 16.2. The van der Waals surface area contributed by atoms with Gasteiger partial charge in [-0.2, -0.15) is 0 Å². The first-order valence-electron chi connectivity index (χ1n) is 6.07. The first-order chi connectivity index (χ1) is 9.16. The molecule has 0 atom stereocenters. The number of aliphatic carboxylic acids is 1. The van der Waals surface area contributed by atoms with Crippen LogP contribution < -0.4 is 0 Å². The normalized spacial score (nSPS) is 10.1. The maximum atomic E-state index is 12.2. The minimum atomic E-state index is -0.834. The summed E-state index contributed by atoms with van der Waals surface area (Å²) >= 11 is 0. The molecule has 0 aromatic heterocycles. The van der Waals surface area contributed by atoms with E-state index in [1.807, 2.05) is 24.3 Å². The minimum absolute atomic E-state index is 0.0437. The highest BCUT2D eigenvalue weighted by Crippen LogP contribution is 2.13. The lowest BCUT2D eigenvalue weighted by atomic mass is 10.00. The molecule has 3 nitrogen and oxygen atoms in total. The highest BCUT2D eigenvalue weighted by Gasteiger charge is 2.09. The van der Waals surface area contributed by atoms with Crippen LogP contribution in [0.4, 0.5) is 0 Å². The summed E-state index contributed by atoms with van der Waals surface area (Å²) < 4.78 is 0. The summed E-state index contributed by atoms with van der Waals surface area (Å²) in [5.41, 5.74) is 2.09. The zero-order chi connectivity index (χ0) is 13.7. The van der Waals surface area contributed by atoms with Crippen LogP contribution in [0.3, 0.4) is 0 Å². The molecule has 0 saturated carbocycles. The van der Waals surface area contributed by atoms with Crippen LogP contribution in [-0.2, 0) is 11.2 Å². The van der Waals surface area contributed by atoms with Crippen LogP contribution in [0.1, 0.15) is 27.9 Å². The Labute approximate surface area is 111 Å². The number of hydrogen-bond donors (Lipinski definition) is 1. The van der Waals surface area contributed by atoms with Gasteiger partial charge in [0, 0.05) is 17.5 Å². The van der Waals surface area contributed by atoms with Gasteiger partial charge in [0.15, 0.2) is 5.78 Å². The Hall–Kier alpha value is -2.42. The van der Waals surface area contributed by atoms with E-state index in [2.05, 4.69) is 0 Å². The lowest BCUT2D eigenvalue weighted by molar-refractivity contribution is -0.136. The van der Waals surface area contributed by atoms with Crippen LogP contribution in [0.5, 0.6) is 0 Å². The van der Waals surface area contributed by atoms with Crippen LogP contribution in [0, 0.1) is 0 Å². The van der Waals surface area contributed by atoms with E-state index < -0.39 is 5.97 Å². The Morgan fingerprint density at radius 2 is 1.58 bits per heavy atom. The third-order valence-electron chi connectivity index (χ3n) is 2.85. The third kappa shape index (κ3) is 3.52. The monoisotopic (exact) mass is 254 g/mol. The van der Waals surface area contributed by atoms with Gasteiger partial charge in [-0.05, 0) is 18.1 Å². The zero-order valence-electron chi connectivity index (χ0n) is 10.4. The van der Waals surface area contributed by atoms with Gasteiger partial charge in [-0.25, -0.2) is 0 Å². The van der Waals surface area contributed by atoms with Crippen molar-refractivity contribution in [3.8, 4) is 0 Å². The molecule has 0 bridgehead atoms. The molecule has 2 aromatic rings. The van der Waals surface area contributed by atoms with Crippen molar-refractivity contribution in [2.45, 2.75) is 12.8 Å². The van der Waals surface area contributed by atoms with Crippen LogP contribution in [0.25, 0.3) is 0 Å². The summed E-state index contributed by atoms with van der Waals surface area (Å²) in [7, 11) is 0. The van der Waals surface area contributed by atoms with E-state index in [0.717, 1.165) is 5.56 Å². The molecule has 0 fully saturated rings. The van der Waals surface area contributed by atoms with Crippen molar-refractivity contribution in [3.63, 3.8) is 0 Å². The molecule has 3 heteroatoms. The first-order valence-corrected chi connectivity index (χ1v) is 6.07. The molecule has 0 aliphatic carbocycles. The summed E-state index contributed by atoms with van der Waals surface area (Å²) in [6.07, 6.45) is 0.508. The average Bonchev–Trinajstić information content (AvgIpc) is 2.45. The predicted molar refractivity (Wildman–Crippen MR) is 72.3 cm³/mol. The molecule has 2 aromatic carbocycles. The molecular weight excluding hydrogens is 240 g/mol. The van der Waals surface area contributed by atoms with Crippen molar-refractivity contribution < 1.29 is 14.7 Å². The summed E-state index contributed by atoms with van der Waals surface area (Å²) in [5, 5.41) is 8.66. The van der Waals surface area contributed by atoms with E-state index in [1.54, 1.807) is 30.3 Å². The predicted octanol–water partition coefficient (Wildman–Crippen LogP) is 2.93. The first kappa shape index (κ1) is 13.0. The fourth-order valence-electron chi connectivity index (χ4n) is 1.88. The molecule has 96 valence electrons. The van der Waals surface area contributed by atoms with Gasteiger partial charge in [-0.15, -0.1) is 0 Å². The van der Waals surface area contributed by atoms with Gasteiger partial charge >= 0.3 is 5.97 Å². The molecular formula is C16H14O3. The van der Waals surface area contributed by atoms with Gasteiger partial charge in [0.2, 0.25) is 0 Å². The minimum Gasteiger partial charge on any atom is -0.481 e. The van der Waals surface area contributed by atoms with Crippen LogP contribution >= 0.6 is 0 Å². The Kier molecular flexibility index (Phi) is 4.08. The zero-order valence-corrected chi connectivity index (χ0v) is 10.4. The molecule has 1 N–H and O–H groups in total. The van der Waals surface area contributed by atoms with E-state index in [-0.39, 0.29) is 12.2 Å². The summed E-state index contributed by atoms with van der Waals surface area (Å²) in [4.78, 5) is 22.8. The quantitative estimate of drug-likeness (QED) is 0.835. The molecule has 0 aliphatic heterocycles. The molecule has 2 rings (SSSR count). The van der Waals surface area contributed by atoms with Crippen molar-refractivity contribution in [2.24, 2.45) is 0 Å². The largest absolute Gasteiger partial charge is 0.481 e. The molecule has 19 heavy (non-hydrogen) atoms. The summed E-state index contributed by atoms with van der Waals surface area (Å²) in [6.45, 7) is 0. The van der Waals surface area contributed by atoms with Crippen molar-refractivity contribution >= 4 is 11.8 Å².